The molecule has 1 saturated heterocycles. The number of likely N-dealkylation sites (tertiary alicyclic amines) is 1. The highest BCUT2D eigenvalue weighted by molar-refractivity contribution is 9.11. The second-order valence-corrected chi connectivity index (χ2v) is 4.63. The van der Waals surface area contributed by atoms with E-state index in [-0.39, 0.29) is 0 Å². The second-order valence-electron chi connectivity index (χ2n) is 4.17. The van der Waals surface area contributed by atoms with Gasteiger partial charge in [-0.25, -0.2) is 0 Å². The molecule has 1 saturated carbocycles. The molecule has 4 heteroatoms. The number of hydrogen-bond acceptors (Lipinski definition) is 3. The molecule has 1 aliphatic carbocycles. The number of nitrogens with zero attached hydrogens (tertiary/aromatic N) is 2. The molecule has 2 heterocycles. The third-order valence-electron chi connectivity index (χ3n) is 3.00. The van der Waals surface area contributed by atoms with E-state index in [0.29, 0.717) is 5.54 Å². The molecule has 1 N–H and O–H groups in total. The molecule has 0 unspecified atom stereocenters. The second kappa shape index (κ2) is 2.50. The Hall–Kier alpha value is -0.510. The van der Waals surface area contributed by atoms with Crippen LogP contribution in [0.1, 0.15) is 12.8 Å². The van der Waals surface area contributed by atoms with Crippen molar-refractivity contribution < 1.29 is 0 Å². The zero-order chi connectivity index (χ0) is 8.89. The predicted octanol–water partition coefficient (Wildman–Crippen LogP) is 1.07. The number of guanidine groups is 1. The van der Waals surface area contributed by atoms with Crippen molar-refractivity contribution in [2.24, 2.45) is 4.99 Å². The van der Waals surface area contributed by atoms with Crippen molar-refractivity contribution in [2.75, 3.05) is 19.6 Å². The first-order valence-corrected chi connectivity index (χ1v) is 5.59. The number of rotatable bonds is 0. The first-order valence-electron chi connectivity index (χ1n) is 4.67. The van der Waals surface area contributed by atoms with Crippen LogP contribution in [-0.4, -0.2) is 36.0 Å². The summed E-state index contributed by atoms with van der Waals surface area (Å²) in [6.07, 6.45) is 2.60. The third kappa shape index (κ3) is 1.19. The van der Waals surface area contributed by atoms with Crippen LogP contribution in [-0.2, 0) is 0 Å². The van der Waals surface area contributed by atoms with Crippen molar-refractivity contribution in [1.82, 2.24) is 10.2 Å². The van der Waals surface area contributed by atoms with Crippen molar-refractivity contribution in [3.05, 3.63) is 10.6 Å². The number of aliphatic imine (C=N–C) groups is 1. The summed E-state index contributed by atoms with van der Waals surface area (Å²) in [5, 5.41) is 3.52. The Balaban J connectivity index is 1.63. The first kappa shape index (κ1) is 7.85. The van der Waals surface area contributed by atoms with Gasteiger partial charge in [-0.15, -0.1) is 0 Å². The lowest BCUT2D eigenvalue weighted by Gasteiger charge is -2.35. The maximum atomic E-state index is 4.53. The highest BCUT2D eigenvalue weighted by atomic mass is 79.9. The first-order chi connectivity index (χ1) is 6.31. The van der Waals surface area contributed by atoms with E-state index in [9.17, 15) is 0 Å². The molecule has 13 heavy (non-hydrogen) atoms. The molecule has 3 aliphatic rings. The van der Waals surface area contributed by atoms with E-state index in [1.165, 1.54) is 18.4 Å². The maximum absolute atomic E-state index is 4.53. The van der Waals surface area contributed by atoms with Gasteiger partial charge in [-0.1, -0.05) is 15.9 Å². The SMILES string of the molecule is BrC=C1CN(C2=NCC3(CC3)N2)C1. The zero-order valence-corrected chi connectivity index (χ0v) is 8.97. The quantitative estimate of drug-likeness (QED) is 0.688. The van der Waals surface area contributed by atoms with Crippen LogP contribution in [0.2, 0.25) is 0 Å². The van der Waals surface area contributed by atoms with Gasteiger partial charge in [0, 0.05) is 13.1 Å². The van der Waals surface area contributed by atoms with Crippen LogP contribution in [0, 0.1) is 0 Å². The Bertz CT molecular complexity index is 296. The van der Waals surface area contributed by atoms with Gasteiger partial charge in [-0.2, -0.15) is 0 Å². The Morgan fingerprint density at radius 3 is 2.77 bits per heavy atom. The fourth-order valence-corrected chi connectivity index (χ4v) is 2.11. The van der Waals surface area contributed by atoms with E-state index in [4.69, 9.17) is 0 Å². The number of nitrogens with one attached hydrogen (secondary N) is 1. The molecule has 2 fully saturated rings. The van der Waals surface area contributed by atoms with Crippen LogP contribution in [0.25, 0.3) is 0 Å². The molecule has 0 bridgehead atoms. The van der Waals surface area contributed by atoms with Crippen molar-refractivity contribution >= 4 is 21.9 Å². The molecule has 2 aliphatic heterocycles. The zero-order valence-electron chi connectivity index (χ0n) is 7.39. The Morgan fingerprint density at radius 2 is 2.23 bits per heavy atom. The number of hydrogen-bond donors (Lipinski definition) is 1. The van der Waals surface area contributed by atoms with E-state index in [1.807, 2.05) is 4.99 Å². The average molecular weight is 242 g/mol. The van der Waals surface area contributed by atoms with Gasteiger partial charge in [0.15, 0.2) is 5.96 Å². The van der Waals surface area contributed by atoms with E-state index in [1.54, 1.807) is 0 Å². The fraction of sp³-hybridized carbons (Fsp3) is 0.667. The molecule has 0 aromatic heterocycles. The molecule has 70 valence electrons. The van der Waals surface area contributed by atoms with Gasteiger partial charge in [-0.3, -0.25) is 4.99 Å². The highest BCUT2D eigenvalue weighted by Crippen LogP contribution is 2.38. The van der Waals surface area contributed by atoms with Crippen molar-refractivity contribution in [2.45, 2.75) is 18.4 Å². The monoisotopic (exact) mass is 241 g/mol. The summed E-state index contributed by atoms with van der Waals surface area (Å²) in [6.45, 7) is 3.06. The van der Waals surface area contributed by atoms with Crippen LogP contribution in [0.5, 0.6) is 0 Å². The number of halogens is 1. The molecular weight excluding hydrogens is 230 g/mol. The van der Waals surface area contributed by atoms with Crippen LogP contribution in [0.4, 0.5) is 0 Å². The topological polar surface area (TPSA) is 27.6 Å². The van der Waals surface area contributed by atoms with Crippen LogP contribution in [0.15, 0.2) is 15.6 Å². The molecule has 0 aromatic carbocycles. The van der Waals surface area contributed by atoms with Crippen molar-refractivity contribution in [3.63, 3.8) is 0 Å². The van der Waals surface area contributed by atoms with E-state index in [2.05, 4.69) is 31.1 Å². The predicted molar refractivity (Wildman–Crippen MR) is 56.0 cm³/mol. The summed E-state index contributed by atoms with van der Waals surface area (Å²) in [5.74, 6) is 1.12. The van der Waals surface area contributed by atoms with Gasteiger partial charge < -0.3 is 10.2 Å². The minimum Gasteiger partial charge on any atom is -0.349 e. The summed E-state index contributed by atoms with van der Waals surface area (Å²) in [6, 6.07) is 0. The van der Waals surface area contributed by atoms with Gasteiger partial charge in [-0.05, 0) is 23.4 Å². The molecule has 0 amide bonds. The van der Waals surface area contributed by atoms with Crippen LogP contribution < -0.4 is 5.32 Å². The highest BCUT2D eigenvalue weighted by Gasteiger charge is 2.47. The third-order valence-corrected chi connectivity index (χ3v) is 3.65. The molecule has 0 atom stereocenters. The summed E-state index contributed by atoms with van der Waals surface area (Å²) in [5.41, 5.74) is 1.84. The average Bonchev–Trinajstić information content (AvgIpc) is 2.65. The fourth-order valence-electron chi connectivity index (χ4n) is 1.82. The van der Waals surface area contributed by atoms with Gasteiger partial charge >= 0.3 is 0 Å². The molecule has 0 aromatic rings. The summed E-state index contributed by atoms with van der Waals surface area (Å²) >= 11 is 3.35. The van der Waals surface area contributed by atoms with Gasteiger partial charge in [0.25, 0.3) is 0 Å². The van der Waals surface area contributed by atoms with Gasteiger partial charge in [0.05, 0.1) is 12.1 Å². The summed E-state index contributed by atoms with van der Waals surface area (Å²) < 4.78 is 0. The molecule has 0 radical (unpaired) electrons. The lowest BCUT2D eigenvalue weighted by atomic mass is 10.1. The van der Waals surface area contributed by atoms with Crippen molar-refractivity contribution in [1.29, 1.82) is 0 Å². The van der Waals surface area contributed by atoms with E-state index >= 15 is 0 Å². The standard InChI is InChI=1S/C9H12BrN3/c10-3-7-4-13(5-7)8-11-6-9(12-8)1-2-9/h3H,1-2,4-6H2,(H,11,12). The van der Waals surface area contributed by atoms with Crippen LogP contribution >= 0.6 is 15.9 Å². The maximum Gasteiger partial charge on any atom is 0.195 e. The summed E-state index contributed by atoms with van der Waals surface area (Å²) in [7, 11) is 0. The normalized spacial score (nSPS) is 28.2. The van der Waals surface area contributed by atoms with Gasteiger partial charge in [0.2, 0.25) is 0 Å². The Morgan fingerprint density at radius 1 is 1.46 bits per heavy atom. The molecular formula is C9H12BrN3. The van der Waals surface area contributed by atoms with Gasteiger partial charge in [0.1, 0.15) is 0 Å². The molecule has 3 nitrogen and oxygen atoms in total. The largest absolute Gasteiger partial charge is 0.349 e. The summed E-state index contributed by atoms with van der Waals surface area (Å²) in [4.78, 5) is 8.84. The Labute approximate surface area is 86.0 Å². The molecule has 3 rings (SSSR count). The lowest BCUT2D eigenvalue weighted by molar-refractivity contribution is 0.381. The Kier molecular flexibility index (Phi) is 1.51. The molecule has 1 spiro atoms. The minimum atomic E-state index is 0.392. The smallest absolute Gasteiger partial charge is 0.195 e. The van der Waals surface area contributed by atoms with E-state index in [0.717, 1.165) is 25.6 Å². The van der Waals surface area contributed by atoms with Crippen LogP contribution in [0.3, 0.4) is 0 Å². The van der Waals surface area contributed by atoms with Crippen molar-refractivity contribution in [3.8, 4) is 0 Å². The minimum absolute atomic E-state index is 0.392. The lowest BCUT2D eigenvalue weighted by Crippen LogP contribution is -2.50. The van der Waals surface area contributed by atoms with E-state index < -0.39 is 0 Å².